The molecule has 1 saturated heterocycles. The van der Waals surface area contributed by atoms with Crippen molar-refractivity contribution in [3.63, 3.8) is 0 Å². The second-order valence-corrected chi connectivity index (χ2v) is 5.42. The highest BCUT2D eigenvalue weighted by Crippen LogP contribution is 2.22. The Morgan fingerprint density at radius 1 is 1.29 bits per heavy atom. The molecule has 2 heterocycles. The van der Waals surface area contributed by atoms with E-state index in [1.54, 1.807) is 12.3 Å². The number of benzene rings is 1. The van der Waals surface area contributed by atoms with Crippen LogP contribution in [0.1, 0.15) is 18.4 Å². The van der Waals surface area contributed by atoms with Gasteiger partial charge in [0, 0.05) is 25.2 Å². The second-order valence-electron chi connectivity index (χ2n) is 5.42. The molecule has 0 amide bonds. The molecule has 1 aromatic heterocycles. The van der Waals surface area contributed by atoms with Crippen LogP contribution < -0.4 is 16.2 Å². The number of nitrogens with zero attached hydrogens (tertiary/aromatic N) is 3. The van der Waals surface area contributed by atoms with Crippen LogP contribution >= 0.6 is 0 Å². The Hall–Kier alpha value is -2.14. The monoisotopic (exact) mass is 284 g/mol. The second kappa shape index (κ2) is 6.10. The Bertz CT molecular complexity index is 653. The zero-order chi connectivity index (χ0) is 14.7. The van der Waals surface area contributed by atoms with E-state index >= 15 is 0 Å². The summed E-state index contributed by atoms with van der Waals surface area (Å²) < 4.78 is 1.49. The number of aromatic nitrogens is 2. The average Bonchev–Trinajstić information content (AvgIpc) is 2.99. The van der Waals surface area contributed by atoms with Gasteiger partial charge in [0.05, 0.1) is 18.4 Å². The minimum Gasteiger partial charge on any atom is -0.366 e. The fraction of sp³-hybridized carbons (Fsp3) is 0.375. The summed E-state index contributed by atoms with van der Waals surface area (Å²) >= 11 is 0. The van der Waals surface area contributed by atoms with Gasteiger partial charge in [-0.15, -0.1) is 0 Å². The summed E-state index contributed by atoms with van der Waals surface area (Å²) in [6.07, 6.45) is 3.98. The van der Waals surface area contributed by atoms with Gasteiger partial charge in [-0.2, -0.15) is 5.10 Å². The first-order valence-electron chi connectivity index (χ1n) is 7.36. The van der Waals surface area contributed by atoms with Gasteiger partial charge in [0.2, 0.25) is 0 Å². The van der Waals surface area contributed by atoms with Crippen LogP contribution in [0, 0.1) is 0 Å². The lowest BCUT2D eigenvalue weighted by Crippen LogP contribution is -2.36. The van der Waals surface area contributed by atoms with Crippen molar-refractivity contribution in [2.75, 3.05) is 18.0 Å². The van der Waals surface area contributed by atoms with Crippen molar-refractivity contribution in [3.05, 3.63) is 58.5 Å². The molecule has 1 fully saturated rings. The van der Waals surface area contributed by atoms with Crippen molar-refractivity contribution in [2.45, 2.75) is 25.4 Å². The van der Waals surface area contributed by atoms with E-state index in [0.717, 1.165) is 30.6 Å². The van der Waals surface area contributed by atoms with E-state index in [0.29, 0.717) is 19.1 Å². The van der Waals surface area contributed by atoms with E-state index < -0.39 is 0 Å². The Labute approximate surface area is 124 Å². The number of nitrogens with two attached hydrogens (primary N) is 1. The SMILES string of the molecule is NCC1CCCN1c1cnn(Cc2ccccc2)c(=O)c1. The largest absolute Gasteiger partial charge is 0.366 e. The smallest absolute Gasteiger partial charge is 0.269 e. The van der Waals surface area contributed by atoms with Crippen LogP contribution in [0.15, 0.2) is 47.4 Å². The Kier molecular flexibility index (Phi) is 4.01. The van der Waals surface area contributed by atoms with E-state index in [1.165, 1.54) is 4.68 Å². The molecule has 1 aromatic carbocycles. The van der Waals surface area contributed by atoms with Gasteiger partial charge in [0.1, 0.15) is 0 Å². The predicted octanol–water partition coefficient (Wildman–Crippen LogP) is 1.22. The van der Waals surface area contributed by atoms with Crippen molar-refractivity contribution < 1.29 is 0 Å². The highest BCUT2D eigenvalue weighted by atomic mass is 16.1. The highest BCUT2D eigenvalue weighted by Gasteiger charge is 2.24. The molecule has 2 N–H and O–H groups in total. The molecule has 1 aliphatic heterocycles. The summed E-state index contributed by atoms with van der Waals surface area (Å²) in [7, 11) is 0. The first-order chi connectivity index (χ1) is 10.3. The first-order valence-corrected chi connectivity index (χ1v) is 7.36. The number of hydrogen-bond donors (Lipinski definition) is 1. The molecule has 1 unspecified atom stereocenters. The first kappa shape index (κ1) is 13.8. The van der Waals surface area contributed by atoms with Gasteiger partial charge in [0.15, 0.2) is 0 Å². The van der Waals surface area contributed by atoms with Crippen LogP contribution in [0.4, 0.5) is 5.69 Å². The van der Waals surface area contributed by atoms with Crippen LogP contribution in [-0.4, -0.2) is 28.9 Å². The normalized spacial score (nSPS) is 18.1. The maximum Gasteiger partial charge on any atom is 0.269 e. The molecule has 1 atom stereocenters. The van der Waals surface area contributed by atoms with Gasteiger partial charge in [-0.05, 0) is 18.4 Å². The number of rotatable bonds is 4. The summed E-state index contributed by atoms with van der Waals surface area (Å²) in [5, 5.41) is 4.31. The minimum absolute atomic E-state index is 0.0703. The van der Waals surface area contributed by atoms with Crippen molar-refractivity contribution in [2.24, 2.45) is 5.73 Å². The van der Waals surface area contributed by atoms with Crippen molar-refractivity contribution in [1.82, 2.24) is 9.78 Å². The molecular weight excluding hydrogens is 264 g/mol. The van der Waals surface area contributed by atoms with Gasteiger partial charge in [-0.1, -0.05) is 30.3 Å². The van der Waals surface area contributed by atoms with Crippen molar-refractivity contribution in [3.8, 4) is 0 Å². The maximum absolute atomic E-state index is 12.2. The molecule has 0 aliphatic carbocycles. The summed E-state index contributed by atoms with van der Waals surface area (Å²) in [5.41, 5.74) is 7.67. The molecule has 0 bridgehead atoms. The molecule has 5 heteroatoms. The lowest BCUT2D eigenvalue weighted by atomic mass is 10.2. The molecule has 110 valence electrons. The summed E-state index contributed by atoms with van der Waals surface area (Å²) in [5.74, 6) is 0. The van der Waals surface area contributed by atoms with Gasteiger partial charge in [-0.3, -0.25) is 4.79 Å². The van der Waals surface area contributed by atoms with Crippen LogP contribution in [0.25, 0.3) is 0 Å². The van der Waals surface area contributed by atoms with Crippen LogP contribution in [-0.2, 0) is 6.54 Å². The van der Waals surface area contributed by atoms with E-state index in [-0.39, 0.29) is 5.56 Å². The molecule has 0 spiro atoms. The Morgan fingerprint density at radius 2 is 2.10 bits per heavy atom. The average molecular weight is 284 g/mol. The molecule has 0 saturated carbocycles. The summed E-state index contributed by atoms with van der Waals surface area (Å²) in [6, 6.07) is 11.9. The molecule has 5 nitrogen and oxygen atoms in total. The third-order valence-corrected chi connectivity index (χ3v) is 4.01. The standard InChI is InChI=1S/C16H20N4O/c17-10-14-7-4-8-19(14)15-9-16(21)20(18-11-15)12-13-5-2-1-3-6-13/h1-3,5-6,9,11,14H,4,7-8,10,12,17H2. The molecule has 0 radical (unpaired) electrons. The topological polar surface area (TPSA) is 64.2 Å². The predicted molar refractivity (Wildman–Crippen MR) is 83.5 cm³/mol. The van der Waals surface area contributed by atoms with Gasteiger partial charge in [0.25, 0.3) is 5.56 Å². The third kappa shape index (κ3) is 2.97. The molecule has 21 heavy (non-hydrogen) atoms. The zero-order valence-electron chi connectivity index (χ0n) is 12.0. The van der Waals surface area contributed by atoms with Gasteiger partial charge < -0.3 is 10.6 Å². The zero-order valence-corrected chi connectivity index (χ0v) is 12.0. The third-order valence-electron chi connectivity index (χ3n) is 4.01. The lowest BCUT2D eigenvalue weighted by Gasteiger charge is -2.25. The quantitative estimate of drug-likeness (QED) is 0.917. The molecule has 2 aromatic rings. The fourth-order valence-corrected chi connectivity index (χ4v) is 2.88. The molecular formula is C16H20N4O. The molecule has 3 rings (SSSR count). The van der Waals surface area contributed by atoms with Gasteiger partial charge in [-0.25, -0.2) is 4.68 Å². The lowest BCUT2D eigenvalue weighted by molar-refractivity contribution is 0.629. The van der Waals surface area contributed by atoms with Crippen LogP contribution in [0.5, 0.6) is 0 Å². The van der Waals surface area contributed by atoms with Crippen molar-refractivity contribution in [1.29, 1.82) is 0 Å². The van der Waals surface area contributed by atoms with Crippen LogP contribution in [0.3, 0.4) is 0 Å². The maximum atomic E-state index is 12.2. The summed E-state index contributed by atoms with van der Waals surface area (Å²) in [4.78, 5) is 14.4. The Balaban J connectivity index is 1.82. The minimum atomic E-state index is -0.0703. The van der Waals surface area contributed by atoms with E-state index in [2.05, 4.69) is 10.00 Å². The Morgan fingerprint density at radius 3 is 2.81 bits per heavy atom. The molecule has 1 aliphatic rings. The van der Waals surface area contributed by atoms with Crippen molar-refractivity contribution >= 4 is 5.69 Å². The number of anilines is 1. The summed E-state index contributed by atoms with van der Waals surface area (Å²) in [6.45, 7) is 2.07. The number of hydrogen-bond acceptors (Lipinski definition) is 4. The van der Waals surface area contributed by atoms with E-state index in [4.69, 9.17) is 5.73 Å². The van der Waals surface area contributed by atoms with Gasteiger partial charge >= 0.3 is 0 Å². The van der Waals surface area contributed by atoms with E-state index in [9.17, 15) is 4.79 Å². The van der Waals surface area contributed by atoms with Crippen LogP contribution in [0.2, 0.25) is 0 Å². The van der Waals surface area contributed by atoms with E-state index in [1.807, 2.05) is 30.3 Å². The highest BCUT2D eigenvalue weighted by molar-refractivity contribution is 5.45. The fourth-order valence-electron chi connectivity index (χ4n) is 2.88.